The van der Waals surface area contributed by atoms with Gasteiger partial charge in [0, 0.05) is 0 Å². The van der Waals surface area contributed by atoms with Crippen LogP contribution in [0.2, 0.25) is 0 Å². The zero-order valence-electron chi connectivity index (χ0n) is 8.69. The van der Waals surface area contributed by atoms with E-state index in [9.17, 15) is 13.2 Å². The summed E-state index contributed by atoms with van der Waals surface area (Å²) in [5.41, 5.74) is 0.786. The van der Waals surface area contributed by atoms with E-state index in [2.05, 4.69) is 6.58 Å². The second-order valence-electron chi connectivity index (χ2n) is 4.53. The van der Waals surface area contributed by atoms with Crippen LogP contribution in [0.3, 0.4) is 0 Å². The van der Waals surface area contributed by atoms with Crippen LogP contribution in [0.4, 0.5) is 13.2 Å². The minimum Gasteiger partial charge on any atom is -0.171 e. The molecule has 0 nitrogen and oxygen atoms in total. The van der Waals surface area contributed by atoms with E-state index in [0.29, 0.717) is 12.3 Å². The van der Waals surface area contributed by atoms with Gasteiger partial charge in [-0.25, -0.2) is 0 Å². The molecule has 1 saturated carbocycles. The van der Waals surface area contributed by atoms with E-state index in [1.807, 2.05) is 13.8 Å². The van der Waals surface area contributed by atoms with Crippen LogP contribution in [0.1, 0.15) is 33.1 Å². The Labute approximate surface area is 83.2 Å². The van der Waals surface area contributed by atoms with Crippen molar-refractivity contribution in [1.29, 1.82) is 0 Å². The van der Waals surface area contributed by atoms with Crippen molar-refractivity contribution in [2.24, 2.45) is 17.8 Å². The molecule has 0 aromatic heterocycles. The van der Waals surface area contributed by atoms with E-state index in [1.165, 1.54) is 0 Å². The van der Waals surface area contributed by atoms with E-state index in [1.54, 1.807) is 0 Å². The number of rotatable bonds is 1. The van der Waals surface area contributed by atoms with Gasteiger partial charge in [-0.05, 0) is 31.1 Å². The van der Waals surface area contributed by atoms with E-state index in [4.69, 9.17) is 0 Å². The van der Waals surface area contributed by atoms with Crippen molar-refractivity contribution in [1.82, 2.24) is 0 Å². The fourth-order valence-corrected chi connectivity index (χ4v) is 2.24. The first-order chi connectivity index (χ1) is 6.32. The highest BCUT2D eigenvalue weighted by atomic mass is 19.4. The first kappa shape index (κ1) is 11.6. The second kappa shape index (κ2) is 3.95. The Bertz CT molecular complexity index is 215. The zero-order valence-corrected chi connectivity index (χ0v) is 8.69. The van der Waals surface area contributed by atoms with E-state index in [0.717, 1.165) is 5.57 Å². The lowest BCUT2D eigenvalue weighted by molar-refractivity contribution is -0.180. The van der Waals surface area contributed by atoms with Gasteiger partial charge in [0.1, 0.15) is 0 Å². The van der Waals surface area contributed by atoms with Gasteiger partial charge in [0.15, 0.2) is 0 Å². The molecule has 0 aromatic carbocycles. The predicted octanol–water partition coefficient (Wildman–Crippen LogP) is 4.18. The molecule has 0 bridgehead atoms. The Balaban J connectivity index is 2.60. The molecule has 3 heteroatoms. The lowest BCUT2D eigenvalue weighted by Gasteiger charge is -2.33. The van der Waals surface area contributed by atoms with Crippen LogP contribution in [0, 0.1) is 17.8 Å². The molecule has 1 aliphatic carbocycles. The van der Waals surface area contributed by atoms with E-state index < -0.39 is 12.1 Å². The van der Waals surface area contributed by atoms with Crippen LogP contribution in [-0.2, 0) is 0 Å². The molecule has 1 aliphatic rings. The third kappa shape index (κ3) is 2.52. The summed E-state index contributed by atoms with van der Waals surface area (Å²) in [5, 5.41) is 0. The lowest BCUT2D eigenvalue weighted by Crippen LogP contribution is -2.30. The molecule has 0 N–H and O–H groups in total. The van der Waals surface area contributed by atoms with Crippen LogP contribution in [0.5, 0.6) is 0 Å². The monoisotopic (exact) mass is 206 g/mol. The van der Waals surface area contributed by atoms with Gasteiger partial charge in [-0.2, -0.15) is 13.2 Å². The van der Waals surface area contributed by atoms with Crippen molar-refractivity contribution in [2.45, 2.75) is 39.3 Å². The molecule has 14 heavy (non-hydrogen) atoms. The van der Waals surface area contributed by atoms with Crippen molar-refractivity contribution in [3.05, 3.63) is 12.2 Å². The molecule has 0 saturated heterocycles. The van der Waals surface area contributed by atoms with E-state index in [-0.39, 0.29) is 18.8 Å². The van der Waals surface area contributed by atoms with Crippen LogP contribution in [-0.4, -0.2) is 6.18 Å². The fourth-order valence-electron chi connectivity index (χ4n) is 2.24. The Morgan fingerprint density at radius 2 is 1.86 bits per heavy atom. The maximum Gasteiger partial charge on any atom is 0.392 e. The second-order valence-corrected chi connectivity index (χ2v) is 4.53. The predicted molar refractivity (Wildman–Crippen MR) is 50.9 cm³/mol. The quantitative estimate of drug-likeness (QED) is 0.565. The van der Waals surface area contributed by atoms with Gasteiger partial charge in [0.25, 0.3) is 0 Å². The number of halogens is 3. The van der Waals surface area contributed by atoms with Gasteiger partial charge in [-0.3, -0.25) is 0 Å². The first-order valence-corrected chi connectivity index (χ1v) is 5.06. The minimum atomic E-state index is -4.04. The highest BCUT2D eigenvalue weighted by Crippen LogP contribution is 2.43. The van der Waals surface area contributed by atoms with Crippen LogP contribution in [0.25, 0.3) is 0 Å². The molecule has 0 aliphatic heterocycles. The summed E-state index contributed by atoms with van der Waals surface area (Å²) in [6.07, 6.45) is -3.00. The largest absolute Gasteiger partial charge is 0.392 e. The van der Waals surface area contributed by atoms with Gasteiger partial charge in [0.05, 0.1) is 5.92 Å². The van der Waals surface area contributed by atoms with Crippen LogP contribution < -0.4 is 0 Å². The van der Waals surface area contributed by atoms with Crippen molar-refractivity contribution < 1.29 is 13.2 Å². The third-order valence-corrected chi connectivity index (χ3v) is 3.13. The molecule has 0 spiro atoms. The molecule has 1 rings (SSSR count). The number of allylic oxidation sites excluding steroid dienone is 1. The summed E-state index contributed by atoms with van der Waals surface area (Å²) < 4.78 is 37.2. The van der Waals surface area contributed by atoms with Crippen molar-refractivity contribution >= 4 is 0 Å². The number of alkyl halides is 3. The molecule has 2 unspecified atom stereocenters. The summed E-state index contributed by atoms with van der Waals surface area (Å²) in [6, 6.07) is 0. The maximum absolute atomic E-state index is 12.4. The number of hydrogen-bond donors (Lipinski definition) is 0. The summed E-state index contributed by atoms with van der Waals surface area (Å²) in [7, 11) is 0. The normalized spacial score (nSPS) is 29.7. The molecule has 0 radical (unpaired) electrons. The van der Waals surface area contributed by atoms with Gasteiger partial charge in [-0.1, -0.05) is 26.0 Å². The maximum atomic E-state index is 12.4. The summed E-state index contributed by atoms with van der Waals surface area (Å²) in [4.78, 5) is 0. The zero-order chi connectivity index (χ0) is 10.9. The Hall–Kier alpha value is -0.470. The molecule has 1 fully saturated rings. The lowest BCUT2D eigenvalue weighted by atomic mass is 9.74. The molecule has 0 aromatic rings. The molecule has 2 atom stereocenters. The topological polar surface area (TPSA) is 0 Å². The van der Waals surface area contributed by atoms with Crippen molar-refractivity contribution in [2.75, 3.05) is 0 Å². The standard InChI is InChI=1S/C11H17F3/c1-7(2)10-5-4-9(6-8(10)3)11(12,13)14/h7,9-10H,3-6H2,1-2H3. The highest BCUT2D eigenvalue weighted by Gasteiger charge is 2.42. The molecule has 0 amide bonds. The van der Waals surface area contributed by atoms with Crippen molar-refractivity contribution in [3.63, 3.8) is 0 Å². The van der Waals surface area contributed by atoms with Crippen LogP contribution >= 0.6 is 0 Å². The molecular formula is C11H17F3. The Kier molecular flexibility index (Phi) is 3.28. The van der Waals surface area contributed by atoms with Gasteiger partial charge in [-0.15, -0.1) is 0 Å². The highest BCUT2D eigenvalue weighted by molar-refractivity contribution is 5.07. The summed E-state index contributed by atoms with van der Waals surface area (Å²) in [6.45, 7) is 7.87. The Morgan fingerprint density at radius 1 is 1.29 bits per heavy atom. The summed E-state index contributed by atoms with van der Waals surface area (Å²) in [5.74, 6) is -0.449. The van der Waals surface area contributed by atoms with Crippen LogP contribution in [0.15, 0.2) is 12.2 Å². The minimum absolute atomic E-state index is 0.131. The molecule has 0 heterocycles. The number of hydrogen-bond acceptors (Lipinski definition) is 0. The van der Waals surface area contributed by atoms with Gasteiger partial charge in [0.2, 0.25) is 0 Å². The van der Waals surface area contributed by atoms with Crippen molar-refractivity contribution in [3.8, 4) is 0 Å². The molecule has 82 valence electrons. The third-order valence-electron chi connectivity index (χ3n) is 3.13. The SMILES string of the molecule is C=C1CC(C(F)(F)F)CCC1C(C)C. The summed E-state index contributed by atoms with van der Waals surface area (Å²) >= 11 is 0. The average molecular weight is 206 g/mol. The Morgan fingerprint density at radius 3 is 2.21 bits per heavy atom. The van der Waals surface area contributed by atoms with Gasteiger partial charge < -0.3 is 0 Å². The average Bonchev–Trinajstić information content (AvgIpc) is 2.01. The smallest absolute Gasteiger partial charge is 0.171 e. The van der Waals surface area contributed by atoms with Gasteiger partial charge >= 0.3 is 6.18 Å². The first-order valence-electron chi connectivity index (χ1n) is 5.06. The van der Waals surface area contributed by atoms with E-state index >= 15 is 0 Å². The fraction of sp³-hybridized carbons (Fsp3) is 0.818. The molecular weight excluding hydrogens is 189 g/mol.